The minimum atomic E-state index is -5.86. The summed E-state index contributed by atoms with van der Waals surface area (Å²) in [4.78, 5) is 0. The molecule has 0 aromatic heterocycles. The average Bonchev–Trinajstić information content (AvgIpc) is 3.93. The van der Waals surface area contributed by atoms with Crippen LogP contribution in [-0.4, -0.2) is 25.7 Å². The first kappa shape index (κ1) is 42.2. The van der Waals surface area contributed by atoms with Crippen molar-refractivity contribution in [2.45, 2.75) is 74.3 Å². The molecule has 6 aromatic rings. The zero-order valence-corrected chi connectivity index (χ0v) is 45.6. The molecule has 60 heavy (non-hydrogen) atoms. The molecule has 0 fully saturated rings. The van der Waals surface area contributed by atoms with Gasteiger partial charge in [0, 0.05) is 0 Å². The van der Waals surface area contributed by atoms with Crippen LogP contribution >= 0.6 is 17.2 Å². The van der Waals surface area contributed by atoms with Gasteiger partial charge < -0.3 is 0 Å². The van der Waals surface area contributed by atoms with Crippen molar-refractivity contribution >= 4 is 79.0 Å². The van der Waals surface area contributed by atoms with Crippen LogP contribution in [0, 0.1) is 11.8 Å². The van der Waals surface area contributed by atoms with Crippen molar-refractivity contribution in [3.8, 4) is 33.4 Å². The molecule has 0 saturated heterocycles. The Labute approximate surface area is 372 Å². The van der Waals surface area contributed by atoms with Gasteiger partial charge in [-0.25, -0.2) is 0 Å². The molecule has 0 amide bonds. The molecule has 2 atom stereocenters. The maximum absolute atomic E-state index is 9.44. The predicted molar refractivity (Wildman–Crippen MR) is 272 cm³/mol. The van der Waals surface area contributed by atoms with Crippen LogP contribution in [0.25, 0.3) is 45.5 Å². The van der Waals surface area contributed by atoms with Crippen LogP contribution in [0.4, 0.5) is 0 Å². The summed E-state index contributed by atoms with van der Waals surface area (Å²) in [5, 5.41) is 5.97. The molecule has 0 N–H and O–H groups in total. The van der Waals surface area contributed by atoms with Gasteiger partial charge in [0.15, 0.2) is 0 Å². The molecule has 305 valence electrons. The van der Waals surface area contributed by atoms with Crippen LogP contribution in [0.15, 0.2) is 139 Å². The molecule has 0 spiro atoms. The Kier molecular flexibility index (Phi) is 10.6. The fourth-order valence-electron chi connectivity index (χ4n) is 11.3. The van der Waals surface area contributed by atoms with Crippen LogP contribution in [0.2, 0.25) is 39.3 Å². The molecule has 0 saturated carbocycles. The van der Waals surface area contributed by atoms with Crippen molar-refractivity contribution in [3.05, 3.63) is 161 Å². The normalized spacial score (nSPS) is 18.2. The Morgan fingerprint density at radius 3 is 1.33 bits per heavy atom. The molecule has 6 aromatic carbocycles. The molecule has 2 unspecified atom stereocenters. The van der Waals surface area contributed by atoms with Gasteiger partial charge >= 0.3 is 376 Å². The van der Waals surface area contributed by atoms with Crippen molar-refractivity contribution in [2.24, 2.45) is 11.8 Å². The Bertz CT molecular complexity index is 2640. The van der Waals surface area contributed by atoms with Crippen LogP contribution in [-0.2, 0) is 16.1 Å². The summed E-state index contributed by atoms with van der Waals surface area (Å²) in [6, 6.07) is 48.6. The number of benzene rings is 6. The first-order valence-corrected chi connectivity index (χ1v) is 45.3. The van der Waals surface area contributed by atoms with Gasteiger partial charge in [-0.15, -0.1) is 0 Å². The number of rotatable bonds is 9. The van der Waals surface area contributed by atoms with Crippen molar-refractivity contribution in [2.75, 3.05) is 0 Å². The van der Waals surface area contributed by atoms with Crippen LogP contribution in [0.3, 0.4) is 0 Å². The zero-order valence-electron chi connectivity index (χ0n) is 37.1. The Hall–Kier alpha value is -3.10. The molecule has 0 bridgehead atoms. The topological polar surface area (TPSA) is 0 Å². The monoisotopic (exact) mass is 1040 g/mol. The van der Waals surface area contributed by atoms with Crippen molar-refractivity contribution in [3.63, 3.8) is 0 Å². The second kappa shape index (κ2) is 15.0. The Balaban J connectivity index is 1.38. The zero-order chi connectivity index (χ0) is 42.5. The van der Waals surface area contributed by atoms with E-state index >= 15 is 0 Å². The summed E-state index contributed by atoms with van der Waals surface area (Å²) < 4.78 is 1.12. The van der Waals surface area contributed by atoms with Crippen LogP contribution in [0.5, 0.6) is 0 Å². The van der Waals surface area contributed by atoms with E-state index in [-0.39, 0.29) is 19.2 Å². The van der Waals surface area contributed by atoms with E-state index < -0.39 is 41.8 Å². The minimum absolute atomic E-state index is 0.0976. The van der Waals surface area contributed by atoms with Gasteiger partial charge in [-0.2, -0.15) is 0 Å². The summed E-state index contributed by atoms with van der Waals surface area (Å²) in [7, 11) is 14.6. The van der Waals surface area contributed by atoms with Gasteiger partial charge in [0.1, 0.15) is 0 Å². The van der Waals surface area contributed by atoms with Crippen molar-refractivity contribution in [1.29, 1.82) is 0 Å². The van der Waals surface area contributed by atoms with E-state index in [0.29, 0.717) is 0 Å². The molecular weight excluding hydrogens is 982 g/mol. The molecule has 1 heterocycles. The van der Waals surface area contributed by atoms with Gasteiger partial charge in [-0.1, -0.05) is 0 Å². The summed E-state index contributed by atoms with van der Waals surface area (Å²) in [5.74, 6) is 0.507. The number of fused-ring (bicyclic) bond motifs is 5. The fourth-order valence-corrected chi connectivity index (χ4v) is 54.1. The Morgan fingerprint density at radius 1 is 0.467 bits per heavy atom. The predicted octanol–water partition coefficient (Wildman–Crippen LogP) is 12.4. The third-order valence-corrected chi connectivity index (χ3v) is 49.6. The van der Waals surface area contributed by atoms with E-state index in [9.17, 15) is 17.2 Å². The van der Waals surface area contributed by atoms with Crippen LogP contribution in [0.1, 0.15) is 57.3 Å². The first-order chi connectivity index (χ1) is 28.4. The first-order valence-electron chi connectivity index (χ1n) is 22.1. The maximum atomic E-state index is 9.44. The number of allylic oxidation sites excluding steroid dienone is 2. The van der Waals surface area contributed by atoms with E-state index in [2.05, 4.69) is 207 Å². The van der Waals surface area contributed by atoms with Crippen molar-refractivity contribution < 1.29 is 16.1 Å². The SMILES string of the molecule is CC(C)C1=Cc2c(-c3ccccc3[Si](C)(C)C)cccc2[CH]1[Hf]([Cl])([Cl])([c]1cccc2c1[SiH2]c1ccccc1-2)[CH]1C(C(C)C)=Cc2c(-c3ccccc3[Si](C)(C)C)cccc21. The van der Waals surface area contributed by atoms with E-state index in [0.717, 1.165) is 0 Å². The van der Waals surface area contributed by atoms with Gasteiger partial charge in [0.25, 0.3) is 0 Å². The number of hydrogen-bond donors (Lipinski definition) is 0. The molecule has 1 aliphatic heterocycles. The van der Waals surface area contributed by atoms with Gasteiger partial charge in [-0.3, -0.25) is 0 Å². The van der Waals surface area contributed by atoms with E-state index in [1.165, 1.54) is 90.8 Å². The summed E-state index contributed by atoms with van der Waals surface area (Å²) in [5.41, 5.74) is 16.2. The average molecular weight is 1040 g/mol. The summed E-state index contributed by atoms with van der Waals surface area (Å²) in [6.07, 6.45) is 5.10. The number of hydrogen-bond acceptors (Lipinski definition) is 0. The third-order valence-electron chi connectivity index (χ3n) is 14.0. The summed E-state index contributed by atoms with van der Waals surface area (Å²) >= 11 is -5.86. The molecule has 6 heteroatoms. The molecular formula is C54H59Cl2HfSi3. The molecule has 9 rings (SSSR count). The standard InChI is InChI=1S/2C21H25Si.C12H9Si.2ClH.Hf/c2*1-15(2)17-13-16-9-8-11-18(20(16)14-17)19-10-6-7-12-21(19)22(3,4)5;1-3-7-11-9(5-1)10-6-2-4-8-12(10)13-11;;;/h2*6-15H,1-5H3;1-7H,13H2;2*1H;/q;;;;;+2/p-2. The number of halogens is 2. The molecule has 0 radical (unpaired) electrons. The molecule has 2 aliphatic carbocycles. The third kappa shape index (κ3) is 6.56. The quantitative estimate of drug-likeness (QED) is 0.126. The second-order valence-electron chi connectivity index (χ2n) is 20.5. The van der Waals surface area contributed by atoms with Crippen LogP contribution < -0.4 is 24.1 Å². The van der Waals surface area contributed by atoms with E-state index in [1.54, 1.807) is 0 Å². The molecule has 0 nitrogen and oxygen atoms in total. The van der Waals surface area contributed by atoms with Gasteiger partial charge in [-0.05, 0) is 0 Å². The van der Waals surface area contributed by atoms with Crippen molar-refractivity contribution in [1.82, 2.24) is 0 Å². The van der Waals surface area contributed by atoms with E-state index in [4.69, 9.17) is 0 Å². The second-order valence-corrected chi connectivity index (χ2v) is 61.7. The van der Waals surface area contributed by atoms with Gasteiger partial charge in [0.05, 0.1) is 0 Å². The van der Waals surface area contributed by atoms with E-state index in [1.807, 2.05) is 0 Å². The molecule has 3 aliphatic rings. The van der Waals surface area contributed by atoms with Gasteiger partial charge in [0.2, 0.25) is 0 Å². The summed E-state index contributed by atoms with van der Waals surface area (Å²) in [6.45, 7) is 24.3. The Morgan fingerprint density at radius 2 is 0.867 bits per heavy atom. The fraction of sp³-hybridized carbons (Fsp3) is 0.259.